The zero-order chi connectivity index (χ0) is 11.6. The van der Waals surface area contributed by atoms with E-state index in [1.807, 2.05) is 0 Å². The van der Waals surface area contributed by atoms with Gasteiger partial charge in [0.1, 0.15) is 0 Å². The van der Waals surface area contributed by atoms with Crippen molar-refractivity contribution in [3.63, 3.8) is 0 Å². The number of benzene rings is 1. The van der Waals surface area contributed by atoms with E-state index in [1.165, 1.54) is 0 Å². The maximum Gasteiger partial charge on any atom is 0.179 e. The van der Waals surface area contributed by atoms with E-state index < -0.39 is 9.84 Å². The third kappa shape index (κ3) is 2.75. The standard InChI is InChI=1S/C11H14ClNO2S/c12-9-3-5-11(6-4-9)16(14,15)8-10-2-1-7-13-10/h3-6,10,13H,1-2,7-8H2/t10-/m1/s1. The highest BCUT2D eigenvalue weighted by Gasteiger charge is 2.23. The van der Waals surface area contributed by atoms with Crippen LogP contribution in [0.4, 0.5) is 0 Å². The van der Waals surface area contributed by atoms with Crippen LogP contribution in [-0.4, -0.2) is 26.8 Å². The van der Waals surface area contributed by atoms with Gasteiger partial charge in [-0.25, -0.2) is 8.42 Å². The molecule has 1 aromatic rings. The molecular weight excluding hydrogens is 246 g/mol. The lowest BCUT2D eigenvalue weighted by molar-refractivity contribution is 0.577. The minimum atomic E-state index is -3.18. The maximum absolute atomic E-state index is 12.0. The molecular formula is C11H14ClNO2S. The Hall–Kier alpha value is -0.580. The minimum absolute atomic E-state index is 0.0979. The van der Waals surface area contributed by atoms with E-state index in [9.17, 15) is 8.42 Å². The lowest BCUT2D eigenvalue weighted by atomic mass is 10.3. The molecule has 16 heavy (non-hydrogen) atoms. The van der Waals surface area contributed by atoms with E-state index in [-0.39, 0.29) is 11.8 Å². The van der Waals surface area contributed by atoms with Crippen LogP contribution in [0.3, 0.4) is 0 Å². The van der Waals surface area contributed by atoms with E-state index in [0.717, 1.165) is 19.4 Å². The van der Waals surface area contributed by atoms with Crippen molar-refractivity contribution in [2.24, 2.45) is 0 Å². The van der Waals surface area contributed by atoms with E-state index in [2.05, 4.69) is 5.32 Å². The van der Waals surface area contributed by atoms with Crippen LogP contribution in [0.2, 0.25) is 5.02 Å². The average Bonchev–Trinajstić information content (AvgIpc) is 2.70. The summed E-state index contributed by atoms with van der Waals surface area (Å²) < 4.78 is 24.0. The van der Waals surface area contributed by atoms with Crippen molar-refractivity contribution in [1.29, 1.82) is 0 Å². The van der Waals surface area contributed by atoms with Crippen molar-refractivity contribution in [3.8, 4) is 0 Å². The van der Waals surface area contributed by atoms with Crippen LogP contribution in [-0.2, 0) is 9.84 Å². The fourth-order valence-corrected chi connectivity index (χ4v) is 3.59. The molecule has 0 unspecified atom stereocenters. The van der Waals surface area contributed by atoms with Gasteiger partial charge in [-0.15, -0.1) is 0 Å². The van der Waals surface area contributed by atoms with Gasteiger partial charge in [0, 0.05) is 11.1 Å². The Morgan fingerprint density at radius 3 is 2.56 bits per heavy atom. The van der Waals surface area contributed by atoms with Crippen LogP contribution in [0.25, 0.3) is 0 Å². The average molecular weight is 260 g/mol. The Labute approximate surface area is 101 Å². The van der Waals surface area contributed by atoms with E-state index in [0.29, 0.717) is 9.92 Å². The second kappa shape index (κ2) is 4.73. The number of nitrogens with one attached hydrogen (secondary N) is 1. The van der Waals surface area contributed by atoms with Gasteiger partial charge < -0.3 is 5.32 Å². The molecule has 0 amide bonds. The molecule has 1 aliphatic heterocycles. The molecule has 1 aliphatic rings. The molecule has 1 aromatic carbocycles. The number of hydrogen-bond donors (Lipinski definition) is 1. The first-order valence-electron chi connectivity index (χ1n) is 5.30. The first kappa shape index (κ1) is 11.9. The summed E-state index contributed by atoms with van der Waals surface area (Å²) in [5.74, 6) is 0.175. The van der Waals surface area contributed by atoms with Crippen LogP contribution >= 0.6 is 11.6 Å². The molecule has 3 nitrogen and oxygen atoms in total. The Balaban J connectivity index is 2.14. The highest BCUT2D eigenvalue weighted by Crippen LogP contribution is 2.18. The van der Waals surface area contributed by atoms with Crippen molar-refractivity contribution < 1.29 is 8.42 Å². The highest BCUT2D eigenvalue weighted by molar-refractivity contribution is 7.91. The predicted molar refractivity (Wildman–Crippen MR) is 64.5 cm³/mol. The number of halogens is 1. The number of hydrogen-bond acceptors (Lipinski definition) is 3. The zero-order valence-corrected chi connectivity index (χ0v) is 10.4. The Morgan fingerprint density at radius 2 is 2.00 bits per heavy atom. The van der Waals surface area contributed by atoms with Crippen LogP contribution in [0.5, 0.6) is 0 Å². The minimum Gasteiger partial charge on any atom is -0.313 e. The Bertz CT molecular complexity index is 449. The SMILES string of the molecule is O=S(=O)(C[C@H]1CCCN1)c1ccc(Cl)cc1. The third-order valence-electron chi connectivity index (χ3n) is 2.76. The Kier molecular flexibility index (Phi) is 3.52. The van der Waals surface area contributed by atoms with Crippen molar-refractivity contribution in [1.82, 2.24) is 5.32 Å². The molecule has 5 heteroatoms. The first-order valence-corrected chi connectivity index (χ1v) is 7.33. The number of sulfone groups is 1. The molecule has 1 fully saturated rings. The van der Waals surface area contributed by atoms with E-state index >= 15 is 0 Å². The highest BCUT2D eigenvalue weighted by atomic mass is 35.5. The molecule has 1 atom stereocenters. The lowest BCUT2D eigenvalue weighted by Crippen LogP contribution is -2.29. The van der Waals surface area contributed by atoms with Crippen LogP contribution < -0.4 is 5.32 Å². The summed E-state index contributed by atoms with van der Waals surface area (Å²) in [6, 6.07) is 6.44. The third-order valence-corrected chi connectivity index (χ3v) is 4.84. The van der Waals surface area contributed by atoms with Gasteiger partial charge in [-0.2, -0.15) is 0 Å². The fourth-order valence-electron chi connectivity index (χ4n) is 1.90. The molecule has 2 rings (SSSR count). The summed E-state index contributed by atoms with van der Waals surface area (Å²) in [6.07, 6.45) is 1.99. The largest absolute Gasteiger partial charge is 0.313 e. The Morgan fingerprint density at radius 1 is 1.31 bits per heavy atom. The van der Waals surface area contributed by atoms with Crippen LogP contribution in [0, 0.1) is 0 Å². The summed E-state index contributed by atoms with van der Waals surface area (Å²) in [5.41, 5.74) is 0. The van der Waals surface area contributed by atoms with Crippen molar-refractivity contribution in [3.05, 3.63) is 29.3 Å². The first-order chi connectivity index (χ1) is 7.58. The van der Waals surface area contributed by atoms with E-state index in [1.54, 1.807) is 24.3 Å². The van der Waals surface area contributed by atoms with Crippen molar-refractivity contribution >= 4 is 21.4 Å². The molecule has 0 saturated carbocycles. The maximum atomic E-state index is 12.0. The molecule has 1 saturated heterocycles. The normalized spacial score (nSPS) is 21.2. The van der Waals surface area contributed by atoms with Gasteiger partial charge in [-0.1, -0.05) is 11.6 Å². The van der Waals surface area contributed by atoms with Gasteiger partial charge in [0.2, 0.25) is 0 Å². The molecule has 0 aliphatic carbocycles. The predicted octanol–water partition coefficient (Wildman–Crippen LogP) is 1.87. The quantitative estimate of drug-likeness (QED) is 0.901. The molecule has 0 radical (unpaired) electrons. The molecule has 0 bridgehead atoms. The van der Waals surface area contributed by atoms with Gasteiger partial charge in [-0.05, 0) is 43.7 Å². The van der Waals surface area contributed by atoms with Crippen molar-refractivity contribution in [2.75, 3.05) is 12.3 Å². The van der Waals surface area contributed by atoms with Gasteiger partial charge >= 0.3 is 0 Å². The topological polar surface area (TPSA) is 46.2 Å². The molecule has 1 N–H and O–H groups in total. The van der Waals surface area contributed by atoms with Crippen molar-refractivity contribution in [2.45, 2.75) is 23.8 Å². The molecule has 0 aromatic heterocycles. The second-order valence-electron chi connectivity index (χ2n) is 4.03. The summed E-state index contributed by atoms with van der Waals surface area (Å²) >= 11 is 5.72. The van der Waals surface area contributed by atoms with Gasteiger partial charge in [0.05, 0.1) is 10.6 Å². The van der Waals surface area contributed by atoms with Gasteiger partial charge in [0.25, 0.3) is 0 Å². The monoisotopic (exact) mass is 259 g/mol. The summed E-state index contributed by atoms with van der Waals surface area (Å²) in [4.78, 5) is 0.352. The van der Waals surface area contributed by atoms with Crippen LogP contribution in [0.15, 0.2) is 29.2 Å². The second-order valence-corrected chi connectivity index (χ2v) is 6.50. The lowest BCUT2D eigenvalue weighted by Gasteiger charge is -2.10. The smallest absolute Gasteiger partial charge is 0.179 e. The van der Waals surface area contributed by atoms with Gasteiger partial charge in [-0.3, -0.25) is 0 Å². The molecule has 88 valence electrons. The zero-order valence-electron chi connectivity index (χ0n) is 8.82. The summed E-state index contributed by atoms with van der Waals surface area (Å²) in [5, 5.41) is 3.74. The summed E-state index contributed by atoms with van der Waals surface area (Å²) in [6.45, 7) is 0.917. The molecule has 0 spiro atoms. The summed E-state index contributed by atoms with van der Waals surface area (Å²) in [7, 11) is -3.18. The van der Waals surface area contributed by atoms with Crippen LogP contribution in [0.1, 0.15) is 12.8 Å². The van der Waals surface area contributed by atoms with E-state index in [4.69, 9.17) is 11.6 Å². The van der Waals surface area contributed by atoms with Gasteiger partial charge in [0.15, 0.2) is 9.84 Å². The number of rotatable bonds is 3. The molecule has 1 heterocycles. The fraction of sp³-hybridized carbons (Fsp3) is 0.455.